The van der Waals surface area contributed by atoms with Crippen molar-refractivity contribution in [3.63, 3.8) is 0 Å². The predicted octanol–water partition coefficient (Wildman–Crippen LogP) is 5.06. The molecule has 0 spiro atoms. The molecule has 4 rings (SSSR count). The number of pyridine rings is 1. The van der Waals surface area contributed by atoms with E-state index in [1.54, 1.807) is 60.9 Å². The smallest absolute Gasteiger partial charge is 0.295 e. The van der Waals surface area contributed by atoms with E-state index in [1.165, 1.54) is 4.90 Å². The molecule has 1 atom stereocenters. The normalized spacial score (nSPS) is 17.4. The third-order valence-corrected chi connectivity index (χ3v) is 5.82. The monoisotopic (exact) mass is 462 g/mol. The van der Waals surface area contributed by atoms with Gasteiger partial charge in [-0.15, -0.1) is 0 Å². The largest absolute Gasteiger partial charge is 0.507 e. The summed E-state index contributed by atoms with van der Waals surface area (Å²) in [5.74, 6) is -0.964. The van der Waals surface area contributed by atoms with E-state index in [-0.39, 0.29) is 17.9 Å². The van der Waals surface area contributed by atoms with Gasteiger partial charge in [-0.1, -0.05) is 29.8 Å². The lowest BCUT2D eigenvalue weighted by Crippen LogP contribution is -2.29. The van der Waals surface area contributed by atoms with Crippen molar-refractivity contribution in [1.82, 2.24) is 9.88 Å². The molecule has 2 heterocycles. The van der Waals surface area contributed by atoms with Gasteiger partial charge < -0.3 is 14.7 Å². The van der Waals surface area contributed by atoms with E-state index in [1.807, 2.05) is 19.9 Å². The Morgan fingerprint density at radius 1 is 1.15 bits per heavy atom. The summed E-state index contributed by atoms with van der Waals surface area (Å²) in [5, 5.41) is 11.8. The van der Waals surface area contributed by atoms with Gasteiger partial charge in [0.1, 0.15) is 11.5 Å². The molecule has 0 bridgehead atoms. The second kappa shape index (κ2) is 9.46. The van der Waals surface area contributed by atoms with Crippen LogP contribution in [0.3, 0.4) is 0 Å². The van der Waals surface area contributed by atoms with Crippen LogP contribution in [0.4, 0.5) is 0 Å². The summed E-state index contributed by atoms with van der Waals surface area (Å²) in [7, 11) is 0. The van der Waals surface area contributed by atoms with Gasteiger partial charge in [-0.25, -0.2) is 0 Å². The molecule has 3 aromatic rings. The van der Waals surface area contributed by atoms with Gasteiger partial charge >= 0.3 is 0 Å². The van der Waals surface area contributed by atoms with Crippen molar-refractivity contribution in [2.45, 2.75) is 26.4 Å². The number of carbonyl (C=O) groups is 2. The maximum atomic E-state index is 13.2. The van der Waals surface area contributed by atoms with E-state index in [0.29, 0.717) is 28.5 Å². The molecular weight excluding hydrogens is 440 g/mol. The third kappa shape index (κ3) is 4.47. The van der Waals surface area contributed by atoms with E-state index >= 15 is 0 Å². The number of ether oxygens (including phenoxy) is 1. The van der Waals surface area contributed by atoms with Gasteiger partial charge in [0, 0.05) is 29.5 Å². The van der Waals surface area contributed by atoms with Crippen LogP contribution in [0.15, 0.2) is 72.6 Å². The van der Waals surface area contributed by atoms with Crippen molar-refractivity contribution in [1.29, 1.82) is 0 Å². The Morgan fingerprint density at radius 3 is 2.55 bits per heavy atom. The quantitative estimate of drug-likeness (QED) is 0.314. The van der Waals surface area contributed by atoms with E-state index in [9.17, 15) is 14.7 Å². The molecule has 168 valence electrons. The van der Waals surface area contributed by atoms with Crippen molar-refractivity contribution in [2.75, 3.05) is 6.61 Å². The van der Waals surface area contributed by atoms with E-state index < -0.39 is 17.7 Å². The molecule has 1 fully saturated rings. The number of aliphatic hydroxyl groups is 1. The molecule has 1 aromatic heterocycles. The predicted molar refractivity (Wildman–Crippen MR) is 126 cm³/mol. The molecule has 1 saturated heterocycles. The fraction of sp³-hybridized carbons (Fsp3) is 0.192. The van der Waals surface area contributed by atoms with Gasteiger partial charge in [0.05, 0.1) is 18.2 Å². The molecule has 1 aliphatic rings. The Kier molecular flexibility index (Phi) is 6.47. The first-order valence-corrected chi connectivity index (χ1v) is 10.9. The molecule has 1 N–H and O–H groups in total. The Hall–Kier alpha value is -3.64. The summed E-state index contributed by atoms with van der Waals surface area (Å²) >= 11 is 6.07. The minimum atomic E-state index is -0.770. The van der Waals surface area contributed by atoms with Crippen LogP contribution in [0.5, 0.6) is 5.75 Å². The minimum absolute atomic E-state index is 0.0403. The molecule has 1 unspecified atom stereocenters. The first kappa shape index (κ1) is 22.6. The van der Waals surface area contributed by atoms with Crippen LogP contribution >= 0.6 is 11.6 Å². The Balaban J connectivity index is 1.85. The van der Waals surface area contributed by atoms with Crippen LogP contribution in [0.1, 0.15) is 35.2 Å². The Labute approximate surface area is 197 Å². The number of carbonyl (C=O) groups excluding carboxylic acids is 2. The fourth-order valence-corrected chi connectivity index (χ4v) is 4.15. The summed E-state index contributed by atoms with van der Waals surface area (Å²) in [5.41, 5.74) is 2.69. The van der Waals surface area contributed by atoms with Crippen LogP contribution in [0, 0.1) is 6.92 Å². The number of rotatable bonds is 6. The number of likely N-dealkylation sites (tertiary alicyclic amines) is 1. The highest BCUT2D eigenvalue weighted by Crippen LogP contribution is 2.41. The van der Waals surface area contributed by atoms with Crippen LogP contribution < -0.4 is 4.74 Å². The highest BCUT2D eigenvalue weighted by atomic mass is 35.5. The number of nitrogens with zero attached hydrogens (tertiary/aromatic N) is 2. The number of hydrogen-bond donors (Lipinski definition) is 1. The van der Waals surface area contributed by atoms with Crippen LogP contribution in [0.25, 0.3) is 5.76 Å². The van der Waals surface area contributed by atoms with E-state index in [0.717, 1.165) is 11.1 Å². The van der Waals surface area contributed by atoms with Gasteiger partial charge in [0.2, 0.25) is 0 Å². The summed E-state index contributed by atoms with van der Waals surface area (Å²) in [6, 6.07) is 15.0. The molecule has 6 nitrogen and oxygen atoms in total. The zero-order chi connectivity index (χ0) is 23.5. The zero-order valence-electron chi connectivity index (χ0n) is 18.3. The molecule has 2 aromatic carbocycles. The molecule has 1 aliphatic heterocycles. The van der Waals surface area contributed by atoms with Crippen LogP contribution in [-0.2, 0) is 16.1 Å². The number of aryl methyl sites for hydroxylation is 1. The number of aliphatic hydroxyl groups excluding tert-OH is 1. The van der Waals surface area contributed by atoms with Gasteiger partial charge in [0.25, 0.3) is 11.7 Å². The molecule has 0 saturated carbocycles. The third-order valence-electron chi connectivity index (χ3n) is 5.57. The second-order valence-corrected chi connectivity index (χ2v) is 8.19. The maximum absolute atomic E-state index is 13.2. The number of ketones is 1. The van der Waals surface area contributed by atoms with Crippen molar-refractivity contribution < 1.29 is 19.4 Å². The molecule has 33 heavy (non-hydrogen) atoms. The van der Waals surface area contributed by atoms with E-state index in [4.69, 9.17) is 16.3 Å². The molecule has 1 amide bonds. The minimum Gasteiger partial charge on any atom is -0.507 e. The lowest BCUT2D eigenvalue weighted by molar-refractivity contribution is -0.140. The fourth-order valence-electron chi connectivity index (χ4n) is 4.03. The number of hydrogen-bond acceptors (Lipinski definition) is 5. The maximum Gasteiger partial charge on any atom is 0.295 e. The zero-order valence-corrected chi connectivity index (χ0v) is 19.0. The molecule has 0 radical (unpaired) electrons. The number of Topliss-reactive ketones (excluding diaryl/α,β-unsaturated/α-hetero) is 1. The molecular formula is C26H23ClN2O4. The average molecular weight is 463 g/mol. The van der Waals surface area contributed by atoms with Gasteiger partial charge in [-0.3, -0.25) is 14.6 Å². The summed E-state index contributed by atoms with van der Waals surface area (Å²) in [4.78, 5) is 31.8. The number of aromatic nitrogens is 1. The topological polar surface area (TPSA) is 79.7 Å². The highest BCUT2D eigenvalue weighted by molar-refractivity contribution is 6.46. The second-order valence-electron chi connectivity index (χ2n) is 7.75. The molecule has 0 aliphatic carbocycles. The van der Waals surface area contributed by atoms with Crippen molar-refractivity contribution >= 4 is 29.1 Å². The van der Waals surface area contributed by atoms with Gasteiger partial charge in [-0.2, -0.15) is 0 Å². The number of halogens is 1. The SMILES string of the molecule is CCOc1ccc(/C(O)=C2\C(=O)C(=O)N(Cc3cccnc3)C2c2ccc(Cl)cc2)c(C)c1. The van der Waals surface area contributed by atoms with Crippen LogP contribution in [0.2, 0.25) is 5.02 Å². The highest BCUT2D eigenvalue weighted by Gasteiger charge is 2.46. The molecule has 7 heteroatoms. The number of amides is 1. The first-order chi connectivity index (χ1) is 15.9. The number of benzene rings is 2. The van der Waals surface area contributed by atoms with Gasteiger partial charge in [-0.05, 0) is 66.9 Å². The summed E-state index contributed by atoms with van der Waals surface area (Å²) < 4.78 is 5.52. The summed E-state index contributed by atoms with van der Waals surface area (Å²) in [6.07, 6.45) is 3.29. The van der Waals surface area contributed by atoms with E-state index in [2.05, 4.69) is 4.98 Å². The first-order valence-electron chi connectivity index (χ1n) is 10.6. The van der Waals surface area contributed by atoms with Crippen molar-refractivity contribution in [3.05, 3.63) is 99.8 Å². The average Bonchev–Trinajstić information content (AvgIpc) is 3.05. The Bertz CT molecular complexity index is 1220. The summed E-state index contributed by atoms with van der Waals surface area (Å²) in [6.45, 7) is 4.39. The standard InChI is InChI=1S/C26H23ClN2O4/c1-3-33-20-10-11-21(16(2)13-20)24(30)22-23(18-6-8-19(27)9-7-18)29(26(32)25(22)31)15-17-5-4-12-28-14-17/h4-14,23,30H,3,15H2,1-2H3/b24-22+. The van der Waals surface area contributed by atoms with Crippen molar-refractivity contribution in [2.24, 2.45) is 0 Å². The van der Waals surface area contributed by atoms with Gasteiger partial charge in [0.15, 0.2) is 0 Å². The Morgan fingerprint density at radius 2 is 1.91 bits per heavy atom. The van der Waals surface area contributed by atoms with Crippen molar-refractivity contribution in [3.8, 4) is 5.75 Å². The van der Waals surface area contributed by atoms with Crippen LogP contribution in [-0.4, -0.2) is 33.3 Å². The lowest BCUT2D eigenvalue weighted by atomic mass is 9.94. The lowest BCUT2D eigenvalue weighted by Gasteiger charge is -2.25.